The van der Waals surface area contributed by atoms with Gasteiger partial charge in [0.1, 0.15) is 6.04 Å². The molecule has 0 spiro atoms. The molecule has 18 heavy (non-hydrogen) atoms. The second kappa shape index (κ2) is 7.57. The van der Waals surface area contributed by atoms with Gasteiger partial charge in [0.2, 0.25) is 5.91 Å². The second-order valence-corrected chi connectivity index (χ2v) is 4.27. The third-order valence-corrected chi connectivity index (χ3v) is 2.65. The van der Waals surface area contributed by atoms with Gasteiger partial charge in [-0.25, -0.2) is 0 Å². The van der Waals surface area contributed by atoms with E-state index in [1.165, 1.54) is 0 Å². The monoisotopic (exact) mass is 265 g/mol. The number of halogens is 1. The summed E-state index contributed by atoms with van der Waals surface area (Å²) < 4.78 is 0. The maximum atomic E-state index is 11.5. The van der Waals surface area contributed by atoms with Gasteiger partial charge in [0.25, 0.3) is 0 Å². The molecule has 96 valence electrons. The van der Waals surface area contributed by atoms with E-state index in [4.69, 9.17) is 16.9 Å². The number of hydrogen-bond acceptors (Lipinski definition) is 3. The minimum atomic E-state index is -0.582. The average Bonchev–Trinajstić information content (AvgIpc) is 2.38. The van der Waals surface area contributed by atoms with Gasteiger partial charge < -0.3 is 10.6 Å². The maximum Gasteiger partial charge on any atom is 0.223 e. The van der Waals surface area contributed by atoms with Crippen LogP contribution in [0.1, 0.15) is 19.8 Å². The standard InChI is InChI=1S/C13H16ClN3O/c1-2-7-16-13(18)8-10(9-15)17-12-6-4-3-5-11(12)14/h3-6,10,17H,2,7-8H2,1H3,(H,16,18). The van der Waals surface area contributed by atoms with Gasteiger partial charge in [0.05, 0.1) is 23.2 Å². The number of amides is 1. The first-order valence-electron chi connectivity index (χ1n) is 5.84. The Bertz CT molecular complexity index is 442. The van der Waals surface area contributed by atoms with Gasteiger partial charge in [0.15, 0.2) is 0 Å². The van der Waals surface area contributed by atoms with Crippen molar-refractivity contribution < 1.29 is 4.79 Å². The molecule has 1 amide bonds. The zero-order chi connectivity index (χ0) is 13.4. The molecule has 2 N–H and O–H groups in total. The molecule has 0 saturated heterocycles. The van der Waals surface area contributed by atoms with Gasteiger partial charge in [-0.3, -0.25) is 4.79 Å². The summed E-state index contributed by atoms with van der Waals surface area (Å²) in [5.74, 6) is -0.136. The van der Waals surface area contributed by atoms with E-state index in [1.54, 1.807) is 12.1 Å². The molecule has 0 aromatic heterocycles. The molecule has 0 saturated carbocycles. The van der Waals surface area contributed by atoms with Crippen molar-refractivity contribution in [2.24, 2.45) is 0 Å². The minimum absolute atomic E-state index is 0.113. The molecule has 0 aliphatic heterocycles. The first-order valence-corrected chi connectivity index (χ1v) is 6.22. The van der Waals surface area contributed by atoms with Crippen molar-refractivity contribution in [3.63, 3.8) is 0 Å². The largest absolute Gasteiger partial charge is 0.368 e. The normalized spacial score (nSPS) is 11.4. The predicted octanol–water partition coefficient (Wildman–Crippen LogP) is 2.56. The van der Waals surface area contributed by atoms with Crippen LogP contribution < -0.4 is 10.6 Å². The van der Waals surface area contributed by atoms with Gasteiger partial charge in [-0.2, -0.15) is 5.26 Å². The molecule has 0 radical (unpaired) electrons. The third-order valence-electron chi connectivity index (χ3n) is 2.32. The number of nitrogens with zero attached hydrogens (tertiary/aromatic N) is 1. The molecule has 1 atom stereocenters. The van der Waals surface area contributed by atoms with Crippen LogP contribution in [0.3, 0.4) is 0 Å². The number of carbonyl (C=O) groups excluding carboxylic acids is 1. The first-order chi connectivity index (χ1) is 8.67. The van der Waals surface area contributed by atoms with Crippen LogP contribution in [0, 0.1) is 11.3 Å². The summed E-state index contributed by atoms with van der Waals surface area (Å²) in [6.07, 6.45) is 0.989. The Morgan fingerprint density at radius 1 is 1.50 bits per heavy atom. The molecule has 5 heteroatoms. The van der Waals surface area contributed by atoms with E-state index in [9.17, 15) is 4.79 Å². The lowest BCUT2D eigenvalue weighted by atomic mass is 10.2. The Labute approximate surface area is 112 Å². The van der Waals surface area contributed by atoms with Crippen LogP contribution >= 0.6 is 11.6 Å². The molecule has 4 nitrogen and oxygen atoms in total. The molecule has 1 unspecified atom stereocenters. The highest BCUT2D eigenvalue weighted by Crippen LogP contribution is 2.21. The molecular weight excluding hydrogens is 250 g/mol. The lowest BCUT2D eigenvalue weighted by molar-refractivity contribution is -0.121. The van der Waals surface area contributed by atoms with Gasteiger partial charge in [-0.05, 0) is 18.6 Å². The fourth-order valence-corrected chi connectivity index (χ4v) is 1.61. The summed E-state index contributed by atoms with van der Waals surface area (Å²) in [4.78, 5) is 11.5. The Hall–Kier alpha value is -1.73. The van der Waals surface area contributed by atoms with Crippen LogP contribution in [0.25, 0.3) is 0 Å². The Morgan fingerprint density at radius 3 is 2.83 bits per heavy atom. The summed E-state index contributed by atoms with van der Waals surface area (Å²) in [6.45, 7) is 2.60. The lowest BCUT2D eigenvalue weighted by Gasteiger charge is -2.13. The van der Waals surface area contributed by atoms with E-state index in [0.717, 1.165) is 6.42 Å². The number of para-hydroxylation sites is 1. The summed E-state index contributed by atoms with van der Waals surface area (Å²) in [5.41, 5.74) is 0.661. The van der Waals surface area contributed by atoms with Crippen LogP contribution in [0.2, 0.25) is 5.02 Å². The van der Waals surface area contributed by atoms with E-state index < -0.39 is 6.04 Å². The molecule has 0 aliphatic rings. The molecule has 1 aromatic rings. The number of hydrogen-bond donors (Lipinski definition) is 2. The smallest absolute Gasteiger partial charge is 0.223 e. The highest BCUT2D eigenvalue weighted by atomic mass is 35.5. The first kappa shape index (κ1) is 14.3. The number of benzene rings is 1. The zero-order valence-corrected chi connectivity index (χ0v) is 11.0. The van der Waals surface area contributed by atoms with Crippen molar-refractivity contribution >= 4 is 23.2 Å². The van der Waals surface area contributed by atoms with Crippen molar-refractivity contribution in [1.29, 1.82) is 5.26 Å². The van der Waals surface area contributed by atoms with Crippen molar-refractivity contribution in [3.8, 4) is 6.07 Å². The number of carbonyl (C=O) groups is 1. The van der Waals surface area contributed by atoms with E-state index in [1.807, 2.05) is 19.1 Å². The fourth-order valence-electron chi connectivity index (χ4n) is 1.42. The lowest BCUT2D eigenvalue weighted by Crippen LogP contribution is -2.30. The zero-order valence-electron chi connectivity index (χ0n) is 10.2. The third kappa shape index (κ3) is 4.64. The van der Waals surface area contributed by atoms with E-state index in [0.29, 0.717) is 17.3 Å². The SMILES string of the molecule is CCCNC(=O)CC(C#N)Nc1ccccc1Cl. The molecule has 0 bridgehead atoms. The molecule has 0 aliphatic carbocycles. The Balaban J connectivity index is 2.56. The van der Waals surface area contributed by atoms with Crippen molar-refractivity contribution in [2.75, 3.05) is 11.9 Å². The van der Waals surface area contributed by atoms with Gasteiger partial charge in [-0.1, -0.05) is 30.7 Å². The number of rotatable bonds is 6. The maximum absolute atomic E-state index is 11.5. The number of nitriles is 1. The molecule has 0 fully saturated rings. The van der Waals surface area contributed by atoms with Gasteiger partial charge in [0, 0.05) is 6.54 Å². The second-order valence-electron chi connectivity index (χ2n) is 3.86. The summed E-state index contributed by atoms with van der Waals surface area (Å²) in [5, 5.41) is 15.2. The van der Waals surface area contributed by atoms with Crippen molar-refractivity contribution in [2.45, 2.75) is 25.8 Å². The van der Waals surface area contributed by atoms with Crippen LogP contribution in [0.15, 0.2) is 24.3 Å². The fraction of sp³-hybridized carbons (Fsp3) is 0.385. The van der Waals surface area contributed by atoms with Crippen molar-refractivity contribution in [3.05, 3.63) is 29.3 Å². The number of anilines is 1. The Morgan fingerprint density at radius 2 is 2.22 bits per heavy atom. The molecular formula is C13H16ClN3O. The summed E-state index contributed by atoms with van der Waals surface area (Å²) >= 11 is 5.97. The summed E-state index contributed by atoms with van der Waals surface area (Å²) in [6, 6.07) is 8.61. The highest BCUT2D eigenvalue weighted by molar-refractivity contribution is 6.33. The van der Waals surface area contributed by atoms with E-state index in [-0.39, 0.29) is 12.3 Å². The average molecular weight is 266 g/mol. The molecule has 1 rings (SSSR count). The predicted molar refractivity (Wildman–Crippen MR) is 72.4 cm³/mol. The number of nitrogens with one attached hydrogen (secondary N) is 2. The topological polar surface area (TPSA) is 64.9 Å². The van der Waals surface area contributed by atoms with E-state index >= 15 is 0 Å². The van der Waals surface area contributed by atoms with Gasteiger partial charge >= 0.3 is 0 Å². The summed E-state index contributed by atoms with van der Waals surface area (Å²) in [7, 11) is 0. The van der Waals surface area contributed by atoms with Crippen LogP contribution in [-0.4, -0.2) is 18.5 Å². The van der Waals surface area contributed by atoms with E-state index in [2.05, 4.69) is 16.7 Å². The van der Waals surface area contributed by atoms with Gasteiger partial charge in [-0.15, -0.1) is 0 Å². The highest BCUT2D eigenvalue weighted by Gasteiger charge is 2.13. The van der Waals surface area contributed by atoms with Crippen molar-refractivity contribution in [1.82, 2.24) is 5.32 Å². The minimum Gasteiger partial charge on any atom is -0.368 e. The van der Waals surface area contributed by atoms with Crippen LogP contribution in [0.5, 0.6) is 0 Å². The molecule has 0 heterocycles. The molecule has 1 aromatic carbocycles. The van der Waals surface area contributed by atoms with Crippen LogP contribution in [-0.2, 0) is 4.79 Å². The van der Waals surface area contributed by atoms with Crippen LogP contribution in [0.4, 0.5) is 5.69 Å². The Kier molecular flexibility index (Phi) is 6.03. The quantitative estimate of drug-likeness (QED) is 0.831.